The molecule has 0 fully saturated rings. The van der Waals surface area contributed by atoms with E-state index in [-0.39, 0.29) is 27.2 Å². The molecule has 5 aromatic rings. The number of carboxylic acid groups (broad SMARTS) is 1. The minimum absolute atomic E-state index is 0.102. The molecule has 0 saturated heterocycles. The van der Waals surface area contributed by atoms with Crippen LogP contribution >= 0.6 is 23.2 Å². The first-order chi connectivity index (χ1) is 19.7. The Morgan fingerprint density at radius 3 is 2.24 bits per heavy atom. The molecule has 41 heavy (non-hydrogen) atoms. The van der Waals surface area contributed by atoms with Crippen molar-refractivity contribution in [3.05, 3.63) is 129 Å². The topological polar surface area (TPSA) is 108 Å². The minimum atomic E-state index is -1.36. The number of carbonyl (C=O) groups is 3. The molecule has 0 saturated carbocycles. The molecule has 7 nitrogen and oxygen atoms in total. The van der Waals surface area contributed by atoms with Crippen LogP contribution in [0.15, 0.2) is 96.8 Å². The molecule has 9 heteroatoms. The third-order valence-electron chi connectivity index (χ3n) is 6.57. The zero-order valence-corrected chi connectivity index (χ0v) is 23.2. The lowest BCUT2D eigenvalue weighted by Crippen LogP contribution is -2.29. The first kappa shape index (κ1) is 27.8. The van der Waals surface area contributed by atoms with E-state index in [2.05, 4.69) is 15.6 Å². The van der Waals surface area contributed by atoms with Gasteiger partial charge in [-0.05, 0) is 59.2 Å². The molecule has 0 aliphatic carbocycles. The van der Waals surface area contributed by atoms with Crippen LogP contribution < -0.4 is 10.6 Å². The molecule has 0 spiro atoms. The molecule has 0 radical (unpaired) electrons. The van der Waals surface area contributed by atoms with Crippen LogP contribution in [0.3, 0.4) is 0 Å². The Morgan fingerprint density at radius 2 is 1.51 bits per heavy atom. The highest BCUT2D eigenvalue weighted by molar-refractivity contribution is 6.40. The summed E-state index contributed by atoms with van der Waals surface area (Å²) in [6, 6.07) is 25.2. The molecule has 3 N–H and O–H groups in total. The van der Waals surface area contributed by atoms with Gasteiger partial charge in [0.2, 0.25) is 0 Å². The Kier molecular flexibility index (Phi) is 8.01. The summed E-state index contributed by atoms with van der Waals surface area (Å²) in [5, 5.41) is 17.7. The SMILES string of the molecule is CC(NC(=O)c1cc(Cl)c(C(=O)NC(=Cc2cnc3ccccc3c2)C(=O)O)c(Cl)c1)c1cccc2ccccc12. The molecular weight excluding hydrogens is 561 g/mol. The molecule has 4 aromatic carbocycles. The number of aromatic nitrogens is 1. The summed E-state index contributed by atoms with van der Waals surface area (Å²) < 4.78 is 0. The number of amides is 2. The van der Waals surface area contributed by atoms with E-state index in [1.807, 2.05) is 73.7 Å². The normalized spacial score (nSPS) is 12.2. The van der Waals surface area contributed by atoms with Crippen LogP contribution in [0.5, 0.6) is 0 Å². The van der Waals surface area contributed by atoms with Crippen LogP contribution in [0, 0.1) is 0 Å². The van der Waals surface area contributed by atoms with Crippen LogP contribution in [-0.2, 0) is 4.79 Å². The zero-order valence-electron chi connectivity index (χ0n) is 21.7. The van der Waals surface area contributed by atoms with Gasteiger partial charge in [-0.25, -0.2) is 4.79 Å². The quantitative estimate of drug-likeness (QED) is 0.178. The summed E-state index contributed by atoms with van der Waals surface area (Å²) in [7, 11) is 0. The highest BCUT2D eigenvalue weighted by Crippen LogP contribution is 2.29. The number of benzene rings is 4. The van der Waals surface area contributed by atoms with Gasteiger partial charge in [0.25, 0.3) is 11.8 Å². The van der Waals surface area contributed by atoms with E-state index in [0.717, 1.165) is 27.2 Å². The van der Waals surface area contributed by atoms with Crippen molar-refractivity contribution < 1.29 is 19.5 Å². The number of halogens is 2. The van der Waals surface area contributed by atoms with Crippen molar-refractivity contribution in [2.24, 2.45) is 0 Å². The summed E-state index contributed by atoms with van der Waals surface area (Å²) in [5.41, 5.74) is 1.77. The molecule has 0 aliphatic heterocycles. The fourth-order valence-electron chi connectivity index (χ4n) is 4.58. The molecule has 0 aliphatic rings. The van der Waals surface area contributed by atoms with Gasteiger partial charge in [-0.15, -0.1) is 0 Å². The van der Waals surface area contributed by atoms with Gasteiger partial charge < -0.3 is 15.7 Å². The molecule has 1 atom stereocenters. The van der Waals surface area contributed by atoms with E-state index < -0.39 is 23.5 Å². The number of hydrogen-bond acceptors (Lipinski definition) is 4. The van der Waals surface area contributed by atoms with Crippen molar-refractivity contribution >= 4 is 68.7 Å². The number of carbonyl (C=O) groups excluding carboxylic acids is 2. The van der Waals surface area contributed by atoms with E-state index in [1.54, 1.807) is 6.07 Å². The second-order valence-electron chi connectivity index (χ2n) is 9.36. The molecule has 204 valence electrons. The molecule has 5 rings (SSSR count). The highest BCUT2D eigenvalue weighted by atomic mass is 35.5. The number of hydrogen-bond donors (Lipinski definition) is 3. The van der Waals surface area contributed by atoms with Crippen LogP contribution in [-0.4, -0.2) is 27.9 Å². The van der Waals surface area contributed by atoms with Gasteiger partial charge in [-0.2, -0.15) is 0 Å². The van der Waals surface area contributed by atoms with Gasteiger partial charge in [-0.3, -0.25) is 14.6 Å². The van der Waals surface area contributed by atoms with Crippen LogP contribution in [0.2, 0.25) is 10.0 Å². The number of para-hydroxylation sites is 1. The lowest BCUT2D eigenvalue weighted by Gasteiger charge is -2.17. The molecule has 0 bridgehead atoms. The molecule has 2 amide bonds. The van der Waals surface area contributed by atoms with Gasteiger partial charge in [0.15, 0.2) is 0 Å². The number of nitrogens with one attached hydrogen (secondary N) is 2. The van der Waals surface area contributed by atoms with Gasteiger partial charge in [0, 0.05) is 17.1 Å². The third kappa shape index (κ3) is 6.06. The third-order valence-corrected chi connectivity index (χ3v) is 7.17. The number of carboxylic acids is 1. The second kappa shape index (κ2) is 11.8. The number of fused-ring (bicyclic) bond motifs is 2. The van der Waals surface area contributed by atoms with Crippen LogP contribution in [0.25, 0.3) is 27.8 Å². The Bertz CT molecular complexity index is 1840. The lowest BCUT2D eigenvalue weighted by molar-refractivity contribution is -0.132. The zero-order chi connectivity index (χ0) is 29.1. The summed E-state index contributed by atoms with van der Waals surface area (Å²) in [6.45, 7) is 1.87. The maximum absolute atomic E-state index is 13.1. The first-order valence-electron chi connectivity index (χ1n) is 12.6. The molecular formula is C32H23Cl2N3O4. The summed E-state index contributed by atoms with van der Waals surface area (Å²) in [5.74, 6) is -2.63. The average Bonchev–Trinajstić information content (AvgIpc) is 2.96. The van der Waals surface area contributed by atoms with Gasteiger partial charge in [-0.1, -0.05) is 83.9 Å². The standard InChI is InChI=1S/C32H23Cl2N3O4/c1-18(23-11-6-9-20-7-2-4-10-24(20)23)36-30(38)22-15-25(33)29(26(34)16-22)31(39)37-28(32(40)41)14-19-13-21-8-3-5-12-27(21)35-17-19/h2-18H,1H3,(H,36,38)(H,37,39)(H,40,41). The molecule has 1 unspecified atom stereocenters. The van der Waals surface area contributed by atoms with Gasteiger partial charge in [0.05, 0.1) is 27.2 Å². The van der Waals surface area contributed by atoms with Gasteiger partial charge >= 0.3 is 5.97 Å². The Hall–Kier alpha value is -4.72. The second-order valence-corrected chi connectivity index (χ2v) is 10.2. The van der Waals surface area contributed by atoms with Crippen molar-refractivity contribution in [1.82, 2.24) is 15.6 Å². The number of aliphatic carboxylic acids is 1. The maximum atomic E-state index is 13.1. The highest BCUT2D eigenvalue weighted by Gasteiger charge is 2.22. The van der Waals surface area contributed by atoms with E-state index in [0.29, 0.717) is 5.56 Å². The Morgan fingerprint density at radius 1 is 0.854 bits per heavy atom. The largest absolute Gasteiger partial charge is 0.477 e. The van der Waals surface area contributed by atoms with Crippen molar-refractivity contribution in [3.8, 4) is 0 Å². The average molecular weight is 584 g/mol. The minimum Gasteiger partial charge on any atom is -0.477 e. The van der Waals surface area contributed by atoms with Crippen molar-refractivity contribution in [3.63, 3.8) is 0 Å². The first-order valence-corrected chi connectivity index (χ1v) is 13.4. The van der Waals surface area contributed by atoms with Crippen molar-refractivity contribution in [2.45, 2.75) is 13.0 Å². The van der Waals surface area contributed by atoms with Crippen LogP contribution in [0.1, 0.15) is 44.8 Å². The summed E-state index contributed by atoms with van der Waals surface area (Å²) in [6.07, 6.45) is 2.79. The number of nitrogens with zero attached hydrogens (tertiary/aromatic N) is 1. The number of rotatable bonds is 7. The van der Waals surface area contributed by atoms with Crippen LogP contribution in [0.4, 0.5) is 0 Å². The van der Waals surface area contributed by atoms with Gasteiger partial charge in [0.1, 0.15) is 5.70 Å². The van der Waals surface area contributed by atoms with E-state index in [9.17, 15) is 19.5 Å². The summed E-state index contributed by atoms with van der Waals surface area (Å²) >= 11 is 12.8. The predicted octanol–water partition coefficient (Wildman–Crippen LogP) is 7.04. The van der Waals surface area contributed by atoms with E-state index in [1.165, 1.54) is 24.4 Å². The maximum Gasteiger partial charge on any atom is 0.352 e. The molecule has 1 heterocycles. The monoisotopic (exact) mass is 583 g/mol. The van der Waals surface area contributed by atoms with E-state index >= 15 is 0 Å². The van der Waals surface area contributed by atoms with Crippen molar-refractivity contribution in [2.75, 3.05) is 0 Å². The number of pyridine rings is 1. The lowest BCUT2D eigenvalue weighted by atomic mass is 9.99. The van der Waals surface area contributed by atoms with Crippen molar-refractivity contribution in [1.29, 1.82) is 0 Å². The smallest absolute Gasteiger partial charge is 0.352 e. The fraction of sp³-hybridized carbons (Fsp3) is 0.0625. The Balaban J connectivity index is 1.36. The summed E-state index contributed by atoms with van der Waals surface area (Å²) in [4.78, 5) is 42.4. The van der Waals surface area contributed by atoms with E-state index in [4.69, 9.17) is 23.2 Å². The fourth-order valence-corrected chi connectivity index (χ4v) is 5.24. The predicted molar refractivity (Wildman–Crippen MR) is 161 cm³/mol. The molecule has 1 aromatic heterocycles. The Labute approximate surface area is 245 Å².